The minimum absolute atomic E-state index is 0.146. The highest BCUT2D eigenvalue weighted by atomic mass is 35.5. The maximum absolute atomic E-state index is 11.8. The van der Waals surface area contributed by atoms with E-state index in [-0.39, 0.29) is 12.1 Å². The highest BCUT2D eigenvalue weighted by Crippen LogP contribution is 2.53. The number of carbonyl (C=O) groups is 1. The Hall–Kier alpha value is -1.38. The van der Waals surface area contributed by atoms with Gasteiger partial charge in [-0.15, -0.1) is 23.2 Å². The molecule has 10 heteroatoms. The number of benzene rings is 1. The van der Waals surface area contributed by atoms with Crippen LogP contribution >= 0.6 is 23.2 Å². The van der Waals surface area contributed by atoms with E-state index in [1.165, 1.54) is 24.3 Å². The Labute approximate surface area is 130 Å². The molecular formula is C11H10Cl2N2O5S. The van der Waals surface area contributed by atoms with Gasteiger partial charge in [-0.3, -0.25) is 19.6 Å². The molecule has 7 nitrogen and oxygen atoms in total. The van der Waals surface area contributed by atoms with E-state index in [1.54, 1.807) is 0 Å². The molecule has 1 aliphatic rings. The summed E-state index contributed by atoms with van der Waals surface area (Å²) in [6, 6.07) is 5.00. The van der Waals surface area contributed by atoms with E-state index in [0.29, 0.717) is 5.56 Å². The summed E-state index contributed by atoms with van der Waals surface area (Å²) in [6.45, 7) is 0. The van der Waals surface area contributed by atoms with E-state index in [4.69, 9.17) is 23.2 Å². The zero-order valence-electron chi connectivity index (χ0n) is 10.5. The number of carbonyl (C=O) groups excluding carboxylic acids is 1. The number of rotatable bonds is 5. The van der Waals surface area contributed by atoms with Crippen LogP contribution in [-0.2, 0) is 20.6 Å². The fraction of sp³-hybridized carbons (Fsp3) is 0.364. The fourth-order valence-electron chi connectivity index (χ4n) is 1.69. The molecule has 0 heterocycles. The van der Waals surface area contributed by atoms with Gasteiger partial charge in [0, 0.05) is 12.1 Å². The number of hydrogen-bond donors (Lipinski definition) is 1. The second-order valence-corrected chi connectivity index (χ2v) is 7.93. The fourth-order valence-corrected chi connectivity index (χ4v) is 3.35. The van der Waals surface area contributed by atoms with Crippen molar-refractivity contribution in [3.63, 3.8) is 0 Å². The summed E-state index contributed by atoms with van der Waals surface area (Å²) in [7, 11) is -3.91. The lowest BCUT2D eigenvalue weighted by Gasteiger charge is -2.07. The molecule has 21 heavy (non-hydrogen) atoms. The largest absolute Gasteiger partial charge is 0.274 e. The number of nitro groups is 1. The summed E-state index contributed by atoms with van der Waals surface area (Å²) in [4.78, 5) is 21.5. The number of nitrogens with one attached hydrogen (secondary N) is 1. The van der Waals surface area contributed by atoms with Crippen molar-refractivity contribution in [2.24, 2.45) is 5.92 Å². The molecular weight excluding hydrogens is 343 g/mol. The number of alkyl halides is 2. The van der Waals surface area contributed by atoms with Crippen molar-refractivity contribution in [1.82, 2.24) is 4.72 Å². The number of non-ortho nitro benzene ring substituents is 1. The zero-order valence-corrected chi connectivity index (χ0v) is 12.8. The van der Waals surface area contributed by atoms with Gasteiger partial charge < -0.3 is 0 Å². The number of halogens is 2. The van der Waals surface area contributed by atoms with Gasteiger partial charge in [0.25, 0.3) is 5.69 Å². The van der Waals surface area contributed by atoms with Crippen LogP contribution in [0.5, 0.6) is 0 Å². The predicted molar refractivity (Wildman–Crippen MR) is 76.4 cm³/mol. The van der Waals surface area contributed by atoms with Crippen molar-refractivity contribution in [1.29, 1.82) is 0 Å². The first-order valence-corrected chi connectivity index (χ1v) is 8.17. The third kappa shape index (κ3) is 4.05. The minimum atomic E-state index is -3.91. The van der Waals surface area contributed by atoms with Crippen molar-refractivity contribution >= 4 is 44.8 Å². The Morgan fingerprint density at radius 3 is 2.33 bits per heavy atom. The Kier molecular flexibility index (Phi) is 4.14. The third-order valence-corrected chi connectivity index (χ3v) is 4.96. The maximum Gasteiger partial charge on any atom is 0.269 e. The summed E-state index contributed by atoms with van der Waals surface area (Å²) >= 11 is 11.4. The van der Waals surface area contributed by atoms with E-state index >= 15 is 0 Å². The second kappa shape index (κ2) is 5.43. The lowest BCUT2D eigenvalue weighted by Crippen LogP contribution is -2.33. The van der Waals surface area contributed by atoms with Gasteiger partial charge in [-0.1, -0.05) is 12.1 Å². The average molecular weight is 353 g/mol. The SMILES string of the molecule is O=C(NS(=O)(=O)Cc1ccc([N+](=O)[O-])cc1)C1CC1(Cl)Cl. The van der Waals surface area contributed by atoms with Crippen LogP contribution < -0.4 is 4.72 Å². The Morgan fingerprint density at radius 2 is 1.90 bits per heavy atom. The molecule has 1 aliphatic carbocycles. The highest BCUT2D eigenvalue weighted by molar-refractivity contribution is 7.89. The first kappa shape index (κ1) is 16.0. The summed E-state index contributed by atoms with van der Waals surface area (Å²) in [5, 5.41) is 10.5. The van der Waals surface area contributed by atoms with Crippen LogP contribution in [0, 0.1) is 16.0 Å². The van der Waals surface area contributed by atoms with Gasteiger partial charge in [0.05, 0.1) is 16.6 Å². The van der Waals surface area contributed by atoms with Crippen LogP contribution in [0.2, 0.25) is 0 Å². The number of amides is 1. The van der Waals surface area contributed by atoms with Gasteiger partial charge in [0.15, 0.2) is 0 Å². The summed E-state index contributed by atoms with van der Waals surface area (Å²) in [5.41, 5.74) is 0.173. The van der Waals surface area contributed by atoms with E-state index in [1.807, 2.05) is 4.72 Å². The van der Waals surface area contributed by atoms with Gasteiger partial charge in [0.2, 0.25) is 15.9 Å². The number of nitrogens with zero attached hydrogens (tertiary/aromatic N) is 1. The first-order chi connectivity index (χ1) is 9.61. The van der Waals surface area contributed by atoms with Crippen LogP contribution in [0.15, 0.2) is 24.3 Å². The Balaban J connectivity index is 2.01. The summed E-state index contributed by atoms with van der Waals surface area (Å²) in [5.74, 6) is -1.96. The van der Waals surface area contributed by atoms with Gasteiger partial charge in [0.1, 0.15) is 4.33 Å². The topological polar surface area (TPSA) is 106 Å². The molecule has 114 valence electrons. The van der Waals surface area contributed by atoms with E-state index < -0.39 is 36.9 Å². The predicted octanol–water partition coefficient (Wildman–Crippen LogP) is 1.73. The lowest BCUT2D eigenvalue weighted by molar-refractivity contribution is -0.384. The normalized spacial score (nSPS) is 19.8. The summed E-state index contributed by atoms with van der Waals surface area (Å²) in [6.07, 6.45) is 0.203. The minimum Gasteiger partial charge on any atom is -0.274 e. The highest BCUT2D eigenvalue weighted by Gasteiger charge is 2.56. The van der Waals surface area contributed by atoms with Crippen molar-refractivity contribution in [2.75, 3.05) is 0 Å². The average Bonchev–Trinajstić information content (AvgIpc) is 2.98. The van der Waals surface area contributed by atoms with Crippen molar-refractivity contribution < 1.29 is 18.1 Å². The first-order valence-electron chi connectivity index (χ1n) is 5.76. The lowest BCUT2D eigenvalue weighted by atomic mass is 10.2. The molecule has 1 aromatic carbocycles. The maximum atomic E-state index is 11.8. The van der Waals surface area contributed by atoms with Crippen molar-refractivity contribution in [3.05, 3.63) is 39.9 Å². The van der Waals surface area contributed by atoms with Gasteiger partial charge >= 0.3 is 0 Å². The number of nitro benzene ring substituents is 1. The van der Waals surface area contributed by atoms with Crippen LogP contribution in [0.25, 0.3) is 0 Å². The molecule has 2 rings (SSSR count). The molecule has 1 atom stereocenters. The Morgan fingerprint density at radius 1 is 1.38 bits per heavy atom. The molecule has 1 saturated carbocycles. The quantitative estimate of drug-likeness (QED) is 0.493. The third-order valence-electron chi connectivity index (χ3n) is 2.90. The van der Waals surface area contributed by atoms with Crippen molar-refractivity contribution in [2.45, 2.75) is 16.5 Å². The molecule has 0 saturated heterocycles. The van der Waals surface area contributed by atoms with Crippen LogP contribution in [0.4, 0.5) is 5.69 Å². The van der Waals surface area contributed by atoms with Crippen LogP contribution in [-0.4, -0.2) is 23.6 Å². The smallest absolute Gasteiger partial charge is 0.269 e. The van der Waals surface area contributed by atoms with E-state index in [2.05, 4.69) is 0 Å². The zero-order chi connectivity index (χ0) is 15.8. The molecule has 0 radical (unpaired) electrons. The van der Waals surface area contributed by atoms with Gasteiger partial charge in [-0.2, -0.15) is 0 Å². The van der Waals surface area contributed by atoms with Crippen LogP contribution in [0.3, 0.4) is 0 Å². The van der Waals surface area contributed by atoms with E-state index in [9.17, 15) is 23.3 Å². The van der Waals surface area contributed by atoms with Crippen molar-refractivity contribution in [3.8, 4) is 0 Å². The summed E-state index contributed by atoms with van der Waals surface area (Å²) < 4.78 is 24.3. The molecule has 1 unspecified atom stereocenters. The van der Waals surface area contributed by atoms with Crippen LogP contribution in [0.1, 0.15) is 12.0 Å². The molecule has 1 aromatic rings. The second-order valence-electron chi connectivity index (χ2n) is 4.67. The molecule has 1 N–H and O–H groups in total. The molecule has 1 fully saturated rings. The number of sulfonamides is 1. The van der Waals surface area contributed by atoms with E-state index in [0.717, 1.165) is 0 Å². The molecule has 0 aromatic heterocycles. The molecule has 1 amide bonds. The molecule has 0 spiro atoms. The van der Waals surface area contributed by atoms with Gasteiger partial charge in [-0.05, 0) is 12.0 Å². The molecule has 0 aliphatic heterocycles. The Bertz CT molecular complexity index is 687. The molecule has 0 bridgehead atoms. The number of hydrogen-bond acceptors (Lipinski definition) is 5. The van der Waals surface area contributed by atoms with Gasteiger partial charge in [-0.25, -0.2) is 8.42 Å². The standard InChI is InChI=1S/C11H10Cl2N2O5S/c12-11(13)5-9(11)10(16)14-21(19,20)6-7-1-3-8(4-2-7)15(17)18/h1-4,9H,5-6H2,(H,14,16). The monoisotopic (exact) mass is 352 g/mol.